The Morgan fingerprint density at radius 3 is 2.67 bits per heavy atom. The lowest BCUT2D eigenvalue weighted by Gasteiger charge is -2.10. The van der Waals surface area contributed by atoms with Crippen LogP contribution < -0.4 is 5.32 Å². The van der Waals surface area contributed by atoms with Crippen LogP contribution in [0.1, 0.15) is 5.69 Å². The van der Waals surface area contributed by atoms with Gasteiger partial charge in [0.05, 0.1) is 5.69 Å². The summed E-state index contributed by atoms with van der Waals surface area (Å²) >= 11 is 1.47. The van der Waals surface area contributed by atoms with Gasteiger partial charge in [0.1, 0.15) is 0 Å². The van der Waals surface area contributed by atoms with E-state index in [9.17, 15) is 13.2 Å². The maximum absolute atomic E-state index is 12.9. The Labute approximate surface area is 122 Å². The third kappa shape index (κ3) is 2.56. The van der Waals surface area contributed by atoms with E-state index in [4.69, 9.17) is 0 Å². The summed E-state index contributed by atoms with van der Waals surface area (Å²) < 4.78 is 39.7. The Morgan fingerprint density at radius 1 is 1.14 bits per heavy atom. The highest BCUT2D eigenvalue weighted by Gasteiger charge is 2.33. The summed E-state index contributed by atoms with van der Waals surface area (Å²) in [6, 6.07) is 8.39. The number of nitrogens with one attached hydrogen (secondary N) is 1. The number of aromatic nitrogens is 2. The van der Waals surface area contributed by atoms with E-state index in [1.54, 1.807) is 12.1 Å². The number of benzene rings is 1. The molecular weight excluding hydrogens is 299 g/mol. The first kappa shape index (κ1) is 13.8. The standard InChI is InChI=1S/C14H10F3N3S/c1-18-13-19-10(7-11(20-13)14(15,16)17)9-4-2-3-8-5-6-21-12(8)9/h2-7H,1H3,(H,18,19,20). The van der Waals surface area contributed by atoms with E-state index in [1.165, 1.54) is 18.4 Å². The van der Waals surface area contributed by atoms with E-state index in [1.807, 2.05) is 17.5 Å². The molecule has 0 amide bonds. The smallest absolute Gasteiger partial charge is 0.357 e. The lowest BCUT2D eigenvalue weighted by Crippen LogP contribution is -2.11. The Hall–Kier alpha value is -2.15. The van der Waals surface area contributed by atoms with Gasteiger partial charge in [-0.2, -0.15) is 13.2 Å². The van der Waals surface area contributed by atoms with E-state index < -0.39 is 11.9 Å². The summed E-state index contributed by atoms with van der Waals surface area (Å²) in [6.45, 7) is 0. The molecular formula is C14H10F3N3S. The average molecular weight is 309 g/mol. The summed E-state index contributed by atoms with van der Waals surface area (Å²) in [5.41, 5.74) is -0.0213. The monoisotopic (exact) mass is 309 g/mol. The topological polar surface area (TPSA) is 37.8 Å². The molecule has 0 aliphatic carbocycles. The van der Waals surface area contributed by atoms with Crippen molar-refractivity contribution in [2.24, 2.45) is 0 Å². The molecule has 0 saturated carbocycles. The summed E-state index contributed by atoms with van der Waals surface area (Å²) in [7, 11) is 1.49. The van der Waals surface area contributed by atoms with Gasteiger partial charge in [0.15, 0.2) is 5.69 Å². The van der Waals surface area contributed by atoms with Gasteiger partial charge >= 0.3 is 6.18 Å². The van der Waals surface area contributed by atoms with Crippen LogP contribution in [0, 0.1) is 0 Å². The zero-order valence-electron chi connectivity index (χ0n) is 10.9. The Bertz CT molecular complexity index is 796. The molecule has 0 bridgehead atoms. The molecule has 2 aromatic heterocycles. The number of hydrogen-bond donors (Lipinski definition) is 1. The molecule has 0 radical (unpaired) electrons. The number of fused-ring (bicyclic) bond motifs is 1. The van der Waals surface area contributed by atoms with E-state index in [-0.39, 0.29) is 11.6 Å². The normalized spacial score (nSPS) is 11.8. The minimum absolute atomic E-state index is 0.0478. The molecule has 1 N–H and O–H groups in total. The van der Waals surface area contributed by atoms with Crippen LogP contribution in [0.25, 0.3) is 21.3 Å². The third-order valence-electron chi connectivity index (χ3n) is 3.00. The summed E-state index contributed by atoms with van der Waals surface area (Å²) in [6.07, 6.45) is -4.51. The minimum atomic E-state index is -4.51. The quantitative estimate of drug-likeness (QED) is 0.761. The van der Waals surface area contributed by atoms with Crippen LogP contribution in [0.5, 0.6) is 0 Å². The number of thiophene rings is 1. The lowest BCUT2D eigenvalue weighted by atomic mass is 10.1. The van der Waals surface area contributed by atoms with E-state index >= 15 is 0 Å². The Balaban J connectivity index is 2.24. The second-order valence-corrected chi connectivity index (χ2v) is 5.27. The summed E-state index contributed by atoms with van der Waals surface area (Å²) in [4.78, 5) is 7.62. The molecule has 0 fully saturated rings. The van der Waals surface area contributed by atoms with Crippen molar-refractivity contribution in [2.75, 3.05) is 12.4 Å². The molecule has 0 atom stereocenters. The molecule has 3 aromatic rings. The largest absolute Gasteiger partial charge is 0.433 e. The maximum Gasteiger partial charge on any atom is 0.433 e. The number of rotatable bonds is 2. The number of anilines is 1. The second kappa shape index (κ2) is 5.00. The number of alkyl halides is 3. The number of hydrogen-bond acceptors (Lipinski definition) is 4. The van der Waals surface area contributed by atoms with Gasteiger partial charge in [-0.3, -0.25) is 0 Å². The highest BCUT2D eigenvalue weighted by Crippen LogP contribution is 2.35. The number of nitrogens with zero attached hydrogens (tertiary/aromatic N) is 2. The highest BCUT2D eigenvalue weighted by atomic mass is 32.1. The zero-order valence-corrected chi connectivity index (χ0v) is 11.7. The van der Waals surface area contributed by atoms with E-state index in [2.05, 4.69) is 15.3 Å². The van der Waals surface area contributed by atoms with Crippen LogP contribution in [0.4, 0.5) is 19.1 Å². The molecule has 0 spiro atoms. The van der Waals surface area contributed by atoms with Crippen molar-refractivity contribution in [1.29, 1.82) is 0 Å². The molecule has 3 nitrogen and oxygen atoms in total. The Morgan fingerprint density at radius 2 is 1.95 bits per heavy atom. The molecule has 2 heterocycles. The van der Waals surface area contributed by atoms with E-state index in [0.29, 0.717) is 5.56 Å². The fraction of sp³-hybridized carbons (Fsp3) is 0.143. The van der Waals surface area contributed by atoms with Crippen molar-refractivity contribution in [1.82, 2.24) is 9.97 Å². The van der Waals surface area contributed by atoms with Crippen LogP contribution in [0.2, 0.25) is 0 Å². The first-order valence-corrected chi connectivity index (χ1v) is 6.97. The van der Waals surface area contributed by atoms with Crippen molar-refractivity contribution in [3.05, 3.63) is 41.4 Å². The van der Waals surface area contributed by atoms with Gasteiger partial charge in [-0.15, -0.1) is 11.3 Å². The van der Waals surface area contributed by atoms with Gasteiger partial charge in [0.25, 0.3) is 0 Å². The molecule has 0 unspecified atom stereocenters. The molecule has 3 rings (SSSR count). The predicted octanol–water partition coefficient (Wildman–Crippen LogP) is 4.42. The van der Waals surface area contributed by atoms with Gasteiger partial charge in [0, 0.05) is 17.3 Å². The molecule has 108 valence electrons. The predicted molar refractivity (Wildman–Crippen MR) is 77.4 cm³/mol. The molecule has 0 aliphatic heterocycles. The second-order valence-electron chi connectivity index (χ2n) is 4.35. The number of halogens is 3. The highest BCUT2D eigenvalue weighted by molar-refractivity contribution is 7.17. The average Bonchev–Trinajstić information content (AvgIpc) is 2.94. The summed E-state index contributed by atoms with van der Waals surface area (Å²) in [5, 5.41) is 5.46. The first-order valence-electron chi connectivity index (χ1n) is 6.09. The van der Waals surface area contributed by atoms with E-state index in [0.717, 1.165) is 16.2 Å². The molecule has 0 saturated heterocycles. The Kier molecular flexibility index (Phi) is 3.29. The van der Waals surface area contributed by atoms with Gasteiger partial charge in [-0.25, -0.2) is 9.97 Å². The molecule has 21 heavy (non-hydrogen) atoms. The summed E-state index contributed by atoms with van der Waals surface area (Å²) in [5.74, 6) is -0.0478. The van der Waals surface area contributed by atoms with Gasteiger partial charge in [-0.05, 0) is 22.9 Å². The fourth-order valence-corrected chi connectivity index (χ4v) is 2.96. The van der Waals surface area contributed by atoms with Crippen LogP contribution >= 0.6 is 11.3 Å². The maximum atomic E-state index is 12.9. The lowest BCUT2D eigenvalue weighted by molar-refractivity contribution is -0.141. The van der Waals surface area contributed by atoms with Gasteiger partial charge < -0.3 is 5.32 Å². The van der Waals surface area contributed by atoms with Crippen molar-refractivity contribution in [3.63, 3.8) is 0 Å². The first-order chi connectivity index (χ1) is 9.99. The van der Waals surface area contributed by atoms with Crippen LogP contribution in [-0.4, -0.2) is 17.0 Å². The van der Waals surface area contributed by atoms with Gasteiger partial charge in [-0.1, -0.05) is 18.2 Å². The molecule has 7 heteroatoms. The SMILES string of the molecule is CNc1nc(-c2cccc3ccsc23)cc(C(F)(F)F)n1. The van der Waals surface area contributed by atoms with Crippen molar-refractivity contribution in [2.45, 2.75) is 6.18 Å². The molecule has 0 aliphatic rings. The van der Waals surface area contributed by atoms with Crippen LogP contribution in [0.15, 0.2) is 35.7 Å². The molecule has 1 aromatic carbocycles. The minimum Gasteiger partial charge on any atom is -0.357 e. The van der Waals surface area contributed by atoms with Crippen LogP contribution in [0.3, 0.4) is 0 Å². The van der Waals surface area contributed by atoms with Crippen molar-refractivity contribution in [3.8, 4) is 11.3 Å². The van der Waals surface area contributed by atoms with Gasteiger partial charge in [0.2, 0.25) is 5.95 Å². The van der Waals surface area contributed by atoms with Crippen molar-refractivity contribution >= 4 is 27.4 Å². The van der Waals surface area contributed by atoms with Crippen LogP contribution in [-0.2, 0) is 6.18 Å². The zero-order chi connectivity index (χ0) is 15.0. The van der Waals surface area contributed by atoms with Crippen molar-refractivity contribution < 1.29 is 13.2 Å². The fourth-order valence-electron chi connectivity index (χ4n) is 2.04. The third-order valence-corrected chi connectivity index (χ3v) is 3.96.